The van der Waals surface area contributed by atoms with Gasteiger partial charge in [0.1, 0.15) is 0 Å². The fourth-order valence-corrected chi connectivity index (χ4v) is 8.51. The summed E-state index contributed by atoms with van der Waals surface area (Å²) in [7, 11) is -1.52. The van der Waals surface area contributed by atoms with Crippen LogP contribution in [0.1, 0.15) is 34.6 Å². The van der Waals surface area contributed by atoms with Gasteiger partial charge in [0.2, 0.25) is 6.44 Å². The largest absolute Gasteiger partial charge is 0.344 e. The van der Waals surface area contributed by atoms with Crippen molar-refractivity contribution >= 4 is 19.6 Å². The highest BCUT2D eigenvalue weighted by Gasteiger charge is 2.47. The van der Waals surface area contributed by atoms with Crippen LogP contribution in [0.2, 0.25) is 18.4 Å². The lowest BCUT2D eigenvalue weighted by Crippen LogP contribution is -2.67. The molecule has 3 heteroatoms. The third-order valence-corrected chi connectivity index (χ3v) is 8.62. The molecule has 0 spiro atoms. The van der Waals surface area contributed by atoms with E-state index in [9.17, 15) is 0 Å². The van der Waals surface area contributed by atoms with E-state index in [0.29, 0.717) is 11.8 Å². The summed E-state index contributed by atoms with van der Waals surface area (Å²) in [5.74, 6) is 0. The SMILES string of the molecule is CCN(CC)B(C(C)(C)C)[Si](C)(C)c1ccccc1. The van der Waals surface area contributed by atoms with E-state index in [1.807, 2.05) is 0 Å². The molecule has 0 bridgehead atoms. The fourth-order valence-electron chi connectivity index (χ4n) is 3.70. The van der Waals surface area contributed by atoms with Crippen LogP contribution in [-0.2, 0) is 0 Å². The zero-order valence-corrected chi connectivity index (χ0v) is 14.8. The summed E-state index contributed by atoms with van der Waals surface area (Å²) < 4.78 is 0. The van der Waals surface area contributed by atoms with Crippen LogP contribution in [0.25, 0.3) is 0 Å². The van der Waals surface area contributed by atoms with Gasteiger partial charge in [-0.15, -0.1) is 0 Å². The van der Waals surface area contributed by atoms with Crippen LogP contribution in [0.4, 0.5) is 0 Å². The first kappa shape index (κ1) is 16.5. The lowest BCUT2D eigenvalue weighted by atomic mass is 9.60. The monoisotopic (exact) mass is 275 g/mol. The van der Waals surface area contributed by atoms with Crippen LogP contribution in [0.5, 0.6) is 0 Å². The lowest BCUT2D eigenvalue weighted by Gasteiger charge is -2.45. The summed E-state index contributed by atoms with van der Waals surface area (Å²) in [5, 5.41) is 1.89. The molecule has 0 unspecified atom stereocenters. The van der Waals surface area contributed by atoms with Gasteiger partial charge in [-0.25, -0.2) is 0 Å². The molecule has 0 aliphatic heterocycles. The van der Waals surface area contributed by atoms with Crippen molar-refractivity contribution in [3.8, 4) is 0 Å². The molecule has 1 rings (SSSR count). The normalized spacial score (nSPS) is 12.8. The molecule has 0 atom stereocenters. The standard InChI is InChI=1S/C16H30BNSi/c1-8-18(9-2)17(16(3,4)5)19(6,7)15-13-11-10-12-14-15/h10-14H,8-9H2,1-7H3. The average molecular weight is 275 g/mol. The zero-order chi connectivity index (χ0) is 14.7. The van der Waals surface area contributed by atoms with Crippen molar-refractivity contribution in [3.05, 3.63) is 30.3 Å². The molecule has 0 amide bonds. The third kappa shape index (κ3) is 3.73. The van der Waals surface area contributed by atoms with Crippen molar-refractivity contribution in [2.45, 2.75) is 53.0 Å². The van der Waals surface area contributed by atoms with E-state index >= 15 is 0 Å². The smallest absolute Gasteiger partial charge is 0.223 e. The molecule has 1 aromatic carbocycles. The summed E-state index contributed by atoms with van der Waals surface area (Å²) in [5.41, 5.74) is 0. The van der Waals surface area contributed by atoms with Crippen LogP contribution < -0.4 is 5.19 Å². The van der Waals surface area contributed by atoms with Crippen molar-refractivity contribution in [2.24, 2.45) is 0 Å². The molecule has 0 aromatic heterocycles. The Morgan fingerprint density at radius 2 is 1.47 bits per heavy atom. The topological polar surface area (TPSA) is 3.24 Å². The highest BCUT2D eigenvalue weighted by Crippen LogP contribution is 2.34. The van der Waals surface area contributed by atoms with E-state index < -0.39 is 7.94 Å². The summed E-state index contributed by atoms with van der Waals surface area (Å²) >= 11 is 0. The summed E-state index contributed by atoms with van der Waals surface area (Å²) in [6.07, 6.45) is 0.664. The van der Waals surface area contributed by atoms with Gasteiger partial charge in [0, 0.05) is 0 Å². The van der Waals surface area contributed by atoms with Gasteiger partial charge >= 0.3 is 0 Å². The molecule has 0 N–H and O–H groups in total. The maximum atomic E-state index is 2.67. The van der Waals surface area contributed by atoms with E-state index in [1.54, 1.807) is 5.19 Å². The number of benzene rings is 1. The quantitative estimate of drug-likeness (QED) is 0.739. The number of rotatable bonds is 5. The molecule has 0 fully saturated rings. The highest BCUT2D eigenvalue weighted by molar-refractivity contribution is 7.37. The molecule has 0 aliphatic rings. The summed E-state index contributed by atoms with van der Waals surface area (Å²) in [4.78, 5) is 2.67. The summed E-state index contributed by atoms with van der Waals surface area (Å²) in [6, 6.07) is 11.2. The molecule has 19 heavy (non-hydrogen) atoms. The van der Waals surface area contributed by atoms with Crippen LogP contribution in [0.15, 0.2) is 30.3 Å². The van der Waals surface area contributed by atoms with Crippen LogP contribution in [0.3, 0.4) is 0 Å². The first-order valence-electron chi connectivity index (χ1n) is 7.54. The fraction of sp³-hybridized carbons (Fsp3) is 0.625. The second-order valence-electron chi connectivity index (χ2n) is 7.08. The highest BCUT2D eigenvalue weighted by atomic mass is 28.3. The third-order valence-electron chi connectivity index (χ3n) is 4.20. The molecule has 0 saturated carbocycles. The van der Waals surface area contributed by atoms with Crippen LogP contribution >= 0.6 is 0 Å². The van der Waals surface area contributed by atoms with Gasteiger partial charge in [-0.1, -0.05) is 83.2 Å². The van der Waals surface area contributed by atoms with Gasteiger partial charge in [0.05, 0.1) is 7.94 Å². The first-order chi connectivity index (χ1) is 8.75. The number of hydrogen-bond acceptors (Lipinski definition) is 1. The minimum absolute atomic E-state index is 0.317. The van der Waals surface area contributed by atoms with Gasteiger partial charge in [-0.05, 0) is 18.4 Å². The Morgan fingerprint density at radius 1 is 1.00 bits per heavy atom. The van der Waals surface area contributed by atoms with Gasteiger partial charge in [0.15, 0.2) is 0 Å². The van der Waals surface area contributed by atoms with Crippen molar-refractivity contribution in [1.29, 1.82) is 0 Å². The molecular formula is C16H30BNSi. The average Bonchev–Trinajstić information content (AvgIpc) is 2.35. The Labute approximate surface area is 121 Å². The molecule has 1 aromatic rings. The molecule has 0 radical (unpaired) electrons. The predicted molar refractivity (Wildman–Crippen MR) is 91.9 cm³/mol. The van der Waals surface area contributed by atoms with Crippen LogP contribution in [-0.4, -0.2) is 32.3 Å². The van der Waals surface area contributed by atoms with Crippen molar-refractivity contribution in [1.82, 2.24) is 4.81 Å². The Kier molecular flexibility index (Phi) is 5.45. The molecule has 0 saturated heterocycles. The molecule has 1 nitrogen and oxygen atoms in total. The van der Waals surface area contributed by atoms with Crippen molar-refractivity contribution < 1.29 is 0 Å². The molecule has 0 heterocycles. The van der Waals surface area contributed by atoms with Gasteiger partial charge in [0.25, 0.3) is 0 Å². The van der Waals surface area contributed by atoms with E-state index in [4.69, 9.17) is 0 Å². The number of hydrogen-bond donors (Lipinski definition) is 0. The second kappa shape index (κ2) is 6.27. The first-order valence-corrected chi connectivity index (χ1v) is 10.6. The second-order valence-corrected chi connectivity index (χ2v) is 11.6. The lowest BCUT2D eigenvalue weighted by molar-refractivity contribution is 0.462. The molecule has 106 valence electrons. The number of nitrogens with zero attached hydrogens (tertiary/aromatic N) is 1. The molecular weight excluding hydrogens is 245 g/mol. The Morgan fingerprint density at radius 3 is 1.84 bits per heavy atom. The van der Waals surface area contributed by atoms with Crippen molar-refractivity contribution in [3.63, 3.8) is 0 Å². The van der Waals surface area contributed by atoms with E-state index in [2.05, 4.69) is 82.9 Å². The van der Waals surface area contributed by atoms with Gasteiger partial charge in [-0.2, -0.15) is 0 Å². The Hall–Kier alpha value is -0.538. The van der Waals surface area contributed by atoms with Crippen LogP contribution in [0, 0.1) is 0 Å². The minimum Gasteiger partial charge on any atom is -0.344 e. The van der Waals surface area contributed by atoms with E-state index in [-0.39, 0.29) is 0 Å². The van der Waals surface area contributed by atoms with Gasteiger partial charge in [-0.3, -0.25) is 0 Å². The zero-order valence-electron chi connectivity index (χ0n) is 13.8. The predicted octanol–water partition coefficient (Wildman–Crippen LogP) is 3.81. The Balaban J connectivity index is 3.24. The molecule has 0 aliphatic carbocycles. The van der Waals surface area contributed by atoms with Gasteiger partial charge < -0.3 is 4.81 Å². The maximum Gasteiger partial charge on any atom is 0.223 e. The van der Waals surface area contributed by atoms with E-state index in [0.717, 1.165) is 13.1 Å². The Bertz CT molecular complexity index is 379. The maximum absolute atomic E-state index is 2.67. The summed E-state index contributed by atoms with van der Waals surface area (Å²) in [6.45, 7) is 19.1. The van der Waals surface area contributed by atoms with Crippen molar-refractivity contribution in [2.75, 3.05) is 13.1 Å². The minimum atomic E-state index is -1.52. The van der Waals surface area contributed by atoms with E-state index in [1.165, 1.54) is 0 Å².